The Bertz CT molecular complexity index is 1200. The molecule has 0 aromatic heterocycles. The molecule has 4 rings (SSSR count). The standard InChI is InChI=1S/C28H22Cl4/c1-2-18-3-8-21(9-4-18)23-16-26(30)24(27(31)17-23)13-7-19-5-10-20(11-6-19)22-12-14-25(29)28(32)15-22/h3-6,8-12,14-17H,2,7,13H2,1H3. The minimum absolute atomic E-state index is 0.558. The van der Waals surface area contributed by atoms with Crippen molar-refractivity contribution in [3.05, 3.63) is 116 Å². The first-order valence-electron chi connectivity index (χ1n) is 10.6. The Morgan fingerprint density at radius 2 is 0.969 bits per heavy atom. The van der Waals surface area contributed by atoms with Gasteiger partial charge in [0.25, 0.3) is 0 Å². The minimum Gasteiger partial charge on any atom is -0.0840 e. The van der Waals surface area contributed by atoms with Crippen LogP contribution in [0.2, 0.25) is 20.1 Å². The Morgan fingerprint density at radius 1 is 0.469 bits per heavy atom. The third kappa shape index (κ3) is 5.33. The van der Waals surface area contributed by atoms with Gasteiger partial charge in [0.05, 0.1) is 10.0 Å². The molecule has 0 atom stereocenters. The Balaban J connectivity index is 1.47. The van der Waals surface area contributed by atoms with Gasteiger partial charge in [-0.3, -0.25) is 0 Å². The molecule has 0 aliphatic rings. The molecule has 0 nitrogen and oxygen atoms in total. The van der Waals surface area contributed by atoms with Crippen molar-refractivity contribution in [2.45, 2.75) is 26.2 Å². The van der Waals surface area contributed by atoms with Crippen LogP contribution in [0.15, 0.2) is 78.9 Å². The van der Waals surface area contributed by atoms with Crippen molar-refractivity contribution in [1.82, 2.24) is 0 Å². The fourth-order valence-corrected chi connectivity index (χ4v) is 4.72. The fraction of sp³-hybridized carbons (Fsp3) is 0.143. The summed E-state index contributed by atoms with van der Waals surface area (Å²) in [5.41, 5.74) is 7.82. The van der Waals surface area contributed by atoms with Crippen LogP contribution in [0.5, 0.6) is 0 Å². The highest BCUT2D eigenvalue weighted by atomic mass is 35.5. The smallest absolute Gasteiger partial charge is 0.0598 e. The highest BCUT2D eigenvalue weighted by molar-refractivity contribution is 6.42. The second-order valence-corrected chi connectivity index (χ2v) is 9.42. The molecule has 0 aliphatic carbocycles. The topological polar surface area (TPSA) is 0 Å². The molecule has 162 valence electrons. The normalized spacial score (nSPS) is 11.0. The van der Waals surface area contributed by atoms with Crippen LogP contribution in [0.4, 0.5) is 0 Å². The number of halogens is 4. The van der Waals surface area contributed by atoms with Crippen LogP contribution < -0.4 is 0 Å². The Labute approximate surface area is 209 Å². The number of benzene rings is 4. The lowest BCUT2D eigenvalue weighted by atomic mass is 9.98. The Morgan fingerprint density at radius 3 is 1.53 bits per heavy atom. The van der Waals surface area contributed by atoms with Crippen LogP contribution in [0, 0.1) is 0 Å². The molecular weight excluding hydrogens is 478 g/mol. The van der Waals surface area contributed by atoms with E-state index in [0.717, 1.165) is 47.1 Å². The van der Waals surface area contributed by atoms with Crippen LogP contribution in [-0.4, -0.2) is 0 Å². The zero-order valence-corrected chi connectivity index (χ0v) is 20.7. The van der Waals surface area contributed by atoms with Crippen LogP contribution in [0.1, 0.15) is 23.6 Å². The lowest BCUT2D eigenvalue weighted by molar-refractivity contribution is 0.961. The number of hydrogen-bond acceptors (Lipinski definition) is 0. The van der Waals surface area contributed by atoms with Crippen molar-refractivity contribution in [2.24, 2.45) is 0 Å². The quantitative estimate of drug-likeness (QED) is 0.247. The van der Waals surface area contributed by atoms with Gasteiger partial charge in [-0.05, 0) is 82.5 Å². The molecule has 0 bridgehead atoms. The summed E-state index contributed by atoms with van der Waals surface area (Å²) in [6, 6.07) is 26.7. The Hall–Kier alpha value is -1.96. The number of rotatable bonds is 6. The van der Waals surface area contributed by atoms with Crippen molar-refractivity contribution < 1.29 is 0 Å². The molecule has 0 radical (unpaired) electrons. The second kappa shape index (κ2) is 10.3. The van der Waals surface area contributed by atoms with Crippen molar-refractivity contribution in [1.29, 1.82) is 0 Å². The zero-order chi connectivity index (χ0) is 22.7. The molecule has 32 heavy (non-hydrogen) atoms. The summed E-state index contributed by atoms with van der Waals surface area (Å²) in [7, 11) is 0. The van der Waals surface area contributed by atoms with Crippen LogP contribution in [-0.2, 0) is 19.3 Å². The van der Waals surface area contributed by atoms with Crippen LogP contribution in [0.25, 0.3) is 22.3 Å². The van der Waals surface area contributed by atoms with Gasteiger partial charge in [-0.2, -0.15) is 0 Å². The summed E-state index contributed by atoms with van der Waals surface area (Å²) in [6.45, 7) is 2.15. The monoisotopic (exact) mass is 498 g/mol. The van der Waals surface area contributed by atoms with Gasteiger partial charge in [0, 0.05) is 10.0 Å². The molecule has 4 aromatic carbocycles. The summed E-state index contributed by atoms with van der Waals surface area (Å²) in [5.74, 6) is 0. The highest BCUT2D eigenvalue weighted by Gasteiger charge is 2.11. The maximum Gasteiger partial charge on any atom is 0.0598 e. The number of aryl methyl sites for hydroxylation is 2. The average molecular weight is 500 g/mol. The molecule has 0 spiro atoms. The van der Waals surface area contributed by atoms with Gasteiger partial charge in [0.15, 0.2) is 0 Å². The first kappa shape index (κ1) is 23.2. The number of hydrogen-bond donors (Lipinski definition) is 0. The third-order valence-corrected chi connectivity index (χ3v) is 7.12. The van der Waals surface area contributed by atoms with Gasteiger partial charge in [-0.15, -0.1) is 0 Å². The van der Waals surface area contributed by atoms with Crippen LogP contribution in [0.3, 0.4) is 0 Å². The van der Waals surface area contributed by atoms with E-state index in [1.807, 2.05) is 30.3 Å². The first-order chi connectivity index (χ1) is 15.4. The van der Waals surface area contributed by atoms with Crippen molar-refractivity contribution >= 4 is 46.4 Å². The second-order valence-electron chi connectivity index (χ2n) is 7.79. The van der Waals surface area contributed by atoms with E-state index in [4.69, 9.17) is 46.4 Å². The molecule has 0 unspecified atom stereocenters. The van der Waals surface area contributed by atoms with Crippen LogP contribution >= 0.6 is 46.4 Å². The molecular formula is C28H22Cl4. The highest BCUT2D eigenvalue weighted by Crippen LogP contribution is 2.33. The van der Waals surface area contributed by atoms with Gasteiger partial charge in [-0.1, -0.05) is 108 Å². The summed E-state index contributed by atoms with van der Waals surface area (Å²) in [5, 5.41) is 2.53. The molecule has 0 heterocycles. The molecule has 0 aliphatic heterocycles. The van der Waals surface area contributed by atoms with E-state index in [-0.39, 0.29) is 0 Å². The van der Waals surface area contributed by atoms with E-state index in [0.29, 0.717) is 20.1 Å². The van der Waals surface area contributed by atoms with Gasteiger partial charge in [0.1, 0.15) is 0 Å². The molecule has 0 N–H and O–H groups in total. The third-order valence-electron chi connectivity index (χ3n) is 5.71. The van der Waals surface area contributed by atoms with E-state index < -0.39 is 0 Å². The van der Waals surface area contributed by atoms with Crippen molar-refractivity contribution in [3.8, 4) is 22.3 Å². The van der Waals surface area contributed by atoms with Gasteiger partial charge >= 0.3 is 0 Å². The fourth-order valence-electron chi connectivity index (χ4n) is 3.75. The summed E-state index contributed by atoms with van der Waals surface area (Å²) < 4.78 is 0. The maximum atomic E-state index is 6.63. The molecule has 0 fully saturated rings. The molecule has 4 aromatic rings. The summed E-state index contributed by atoms with van der Waals surface area (Å²) in [4.78, 5) is 0. The van der Waals surface area contributed by atoms with Gasteiger partial charge in [-0.25, -0.2) is 0 Å². The predicted molar refractivity (Wildman–Crippen MR) is 141 cm³/mol. The van der Waals surface area contributed by atoms with E-state index in [9.17, 15) is 0 Å². The van der Waals surface area contributed by atoms with Crippen molar-refractivity contribution in [2.75, 3.05) is 0 Å². The zero-order valence-electron chi connectivity index (χ0n) is 17.6. The lowest BCUT2D eigenvalue weighted by Gasteiger charge is -2.11. The minimum atomic E-state index is 0.558. The lowest BCUT2D eigenvalue weighted by Crippen LogP contribution is -1.95. The predicted octanol–water partition coefficient (Wildman–Crippen LogP) is 9.98. The molecule has 0 saturated carbocycles. The first-order valence-corrected chi connectivity index (χ1v) is 12.1. The average Bonchev–Trinajstić information content (AvgIpc) is 2.80. The largest absolute Gasteiger partial charge is 0.0840 e. The SMILES string of the molecule is CCc1ccc(-c2cc(Cl)c(CCc3ccc(-c4ccc(Cl)c(Cl)c4)cc3)c(Cl)c2)cc1. The van der Waals surface area contributed by atoms with E-state index in [2.05, 4.69) is 55.5 Å². The van der Waals surface area contributed by atoms with E-state index in [1.165, 1.54) is 11.1 Å². The molecule has 4 heteroatoms. The van der Waals surface area contributed by atoms with Gasteiger partial charge < -0.3 is 0 Å². The van der Waals surface area contributed by atoms with E-state index in [1.54, 1.807) is 0 Å². The maximum absolute atomic E-state index is 6.63. The summed E-state index contributed by atoms with van der Waals surface area (Å²) >= 11 is 25.4. The van der Waals surface area contributed by atoms with Crippen molar-refractivity contribution in [3.63, 3.8) is 0 Å². The van der Waals surface area contributed by atoms with Gasteiger partial charge in [0.2, 0.25) is 0 Å². The summed E-state index contributed by atoms with van der Waals surface area (Å²) in [6.07, 6.45) is 2.65. The molecule has 0 saturated heterocycles. The van der Waals surface area contributed by atoms with E-state index >= 15 is 0 Å². The molecule has 0 amide bonds. The Kier molecular flexibility index (Phi) is 7.48.